The van der Waals surface area contributed by atoms with Crippen LogP contribution < -0.4 is 20.7 Å². The summed E-state index contributed by atoms with van der Waals surface area (Å²) in [4.78, 5) is 24.0. The maximum Gasteiger partial charge on any atom is 0.319 e. The minimum absolute atomic E-state index is 0.00115. The van der Waals surface area contributed by atoms with Crippen molar-refractivity contribution in [2.45, 2.75) is 59.2 Å². The van der Waals surface area contributed by atoms with Gasteiger partial charge in [0.2, 0.25) is 5.91 Å². The van der Waals surface area contributed by atoms with Gasteiger partial charge in [0.25, 0.3) is 0 Å². The standard InChI is InChI=1S/C17H27N3O3/c1-6-12(4)18-16(21)13(5)19-17(22)20-14-9-7-8-10-15(14)23-11(2)3/h7-13H,6H2,1-5H3,(H,18,21)(H2,19,20,22)/t12-,13-/m1/s1. The molecule has 0 spiro atoms. The normalized spacial score (nSPS) is 13.1. The number of carbonyl (C=O) groups excluding carboxylic acids is 2. The van der Waals surface area contributed by atoms with Crippen molar-refractivity contribution in [2.24, 2.45) is 0 Å². The number of benzene rings is 1. The van der Waals surface area contributed by atoms with Gasteiger partial charge in [-0.2, -0.15) is 0 Å². The minimum Gasteiger partial charge on any atom is -0.489 e. The third kappa shape index (κ3) is 6.59. The molecule has 0 aliphatic rings. The average molecular weight is 321 g/mol. The lowest BCUT2D eigenvalue weighted by molar-refractivity contribution is -0.123. The topological polar surface area (TPSA) is 79.5 Å². The first-order valence-corrected chi connectivity index (χ1v) is 7.97. The Bertz CT molecular complexity index is 532. The highest BCUT2D eigenvalue weighted by molar-refractivity contribution is 5.94. The molecule has 1 aromatic rings. The quantitative estimate of drug-likeness (QED) is 0.722. The fraction of sp³-hybridized carbons (Fsp3) is 0.529. The van der Waals surface area contributed by atoms with Gasteiger partial charge in [0.05, 0.1) is 11.8 Å². The first-order valence-electron chi connectivity index (χ1n) is 7.97. The highest BCUT2D eigenvalue weighted by atomic mass is 16.5. The zero-order valence-electron chi connectivity index (χ0n) is 14.5. The summed E-state index contributed by atoms with van der Waals surface area (Å²) in [5, 5.41) is 8.16. The molecule has 0 saturated carbocycles. The lowest BCUT2D eigenvalue weighted by atomic mass is 10.2. The molecule has 0 aromatic heterocycles. The summed E-state index contributed by atoms with van der Waals surface area (Å²) in [5.74, 6) is 0.385. The summed E-state index contributed by atoms with van der Waals surface area (Å²) in [6.45, 7) is 9.38. The summed E-state index contributed by atoms with van der Waals surface area (Å²) >= 11 is 0. The molecule has 0 unspecified atom stereocenters. The van der Waals surface area contributed by atoms with Crippen molar-refractivity contribution in [3.63, 3.8) is 0 Å². The Balaban J connectivity index is 2.61. The molecule has 3 amide bonds. The molecule has 6 nitrogen and oxygen atoms in total. The van der Waals surface area contributed by atoms with E-state index in [-0.39, 0.29) is 18.1 Å². The molecule has 0 fully saturated rings. The van der Waals surface area contributed by atoms with Crippen LogP contribution in [-0.4, -0.2) is 30.1 Å². The number of carbonyl (C=O) groups is 2. The molecule has 23 heavy (non-hydrogen) atoms. The van der Waals surface area contributed by atoms with Crippen molar-refractivity contribution < 1.29 is 14.3 Å². The van der Waals surface area contributed by atoms with E-state index >= 15 is 0 Å². The van der Waals surface area contributed by atoms with Gasteiger partial charge in [-0.05, 0) is 46.2 Å². The fourth-order valence-corrected chi connectivity index (χ4v) is 1.82. The van der Waals surface area contributed by atoms with E-state index in [0.29, 0.717) is 11.4 Å². The highest BCUT2D eigenvalue weighted by Crippen LogP contribution is 2.24. The second-order valence-corrected chi connectivity index (χ2v) is 5.80. The largest absolute Gasteiger partial charge is 0.489 e. The number of para-hydroxylation sites is 2. The van der Waals surface area contributed by atoms with Crippen LogP contribution in [0.25, 0.3) is 0 Å². The molecule has 1 aromatic carbocycles. The van der Waals surface area contributed by atoms with E-state index in [1.807, 2.05) is 39.8 Å². The van der Waals surface area contributed by atoms with Crippen molar-refractivity contribution in [1.82, 2.24) is 10.6 Å². The van der Waals surface area contributed by atoms with Crippen molar-refractivity contribution in [2.75, 3.05) is 5.32 Å². The zero-order chi connectivity index (χ0) is 17.4. The number of ether oxygens (including phenoxy) is 1. The maximum atomic E-state index is 12.1. The molecule has 1 rings (SSSR count). The van der Waals surface area contributed by atoms with Gasteiger partial charge in [-0.1, -0.05) is 19.1 Å². The second-order valence-electron chi connectivity index (χ2n) is 5.80. The van der Waals surface area contributed by atoms with Crippen molar-refractivity contribution in [1.29, 1.82) is 0 Å². The van der Waals surface area contributed by atoms with E-state index in [9.17, 15) is 9.59 Å². The molecule has 0 saturated heterocycles. The number of anilines is 1. The van der Waals surface area contributed by atoms with E-state index in [1.165, 1.54) is 0 Å². The molecule has 0 heterocycles. The Morgan fingerprint density at radius 2 is 1.74 bits per heavy atom. The van der Waals surface area contributed by atoms with Crippen molar-refractivity contribution >= 4 is 17.6 Å². The van der Waals surface area contributed by atoms with Gasteiger partial charge in [-0.15, -0.1) is 0 Å². The molecule has 0 aliphatic carbocycles. The van der Waals surface area contributed by atoms with Crippen LogP contribution in [0, 0.1) is 0 Å². The first-order chi connectivity index (χ1) is 10.8. The molecular formula is C17H27N3O3. The Morgan fingerprint density at radius 3 is 2.35 bits per heavy atom. The van der Waals surface area contributed by atoms with Gasteiger partial charge in [0, 0.05) is 6.04 Å². The molecule has 6 heteroatoms. The van der Waals surface area contributed by atoms with Crippen LogP contribution in [0.1, 0.15) is 41.0 Å². The Kier molecular flexibility index (Phi) is 7.38. The second kappa shape index (κ2) is 9.02. The predicted molar refractivity (Wildman–Crippen MR) is 91.7 cm³/mol. The number of urea groups is 1. The molecule has 0 aliphatic heterocycles. The molecule has 2 atom stereocenters. The average Bonchev–Trinajstić information content (AvgIpc) is 2.48. The smallest absolute Gasteiger partial charge is 0.319 e. The van der Waals surface area contributed by atoms with Crippen LogP contribution >= 0.6 is 0 Å². The van der Waals surface area contributed by atoms with Crippen LogP contribution in [0.2, 0.25) is 0 Å². The summed E-state index contributed by atoms with van der Waals surface area (Å²) in [6, 6.07) is 6.19. The number of nitrogens with one attached hydrogen (secondary N) is 3. The maximum absolute atomic E-state index is 12.1. The molecule has 0 bridgehead atoms. The van der Waals surface area contributed by atoms with E-state index in [4.69, 9.17) is 4.74 Å². The lowest BCUT2D eigenvalue weighted by Gasteiger charge is -2.19. The minimum atomic E-state index is -0.623. The molecule has 0 radical (unpaired) electrons. The van der Waals surface area contributed by atoms with Crippen LogP contribution in [0.15, 0.2) is 24.3 Å². The van der Waals surface area contributed by atoms with Gasteiger partial charge < -0.3 is 20.7 Å². The summed E-state index contributed by atoms with van der Waals surface area (Å²) in [6.07, 6.45) is 0.839. The monoisotopic (exact) mass is 321 g/mol. The molecule has 128 valence electrons. The number of rotatable bonds is 7. The summed E-state index contributed by atoms with van der Waals surface area (Å²) in [7, 11) is 0. The highest BCUT2D eigenvalue weighted by Gasteiger charge is 2.17. The summed E-state index contributed by atoms with van der Waals surface area (Å²) in [5.41, 5.74) is 0.563. The van der Waals surface area contributed by atoms with E-state index in [1.54, 1.807) is 19.1 Å². The zero-order valence-corrected chi connectivity index (χ0v) is 14.5. The SMILES string of the molecule is CC[C@@H](C)NC(=O)[C@@H](C)NC(=O)Nc1ccccc1OC(C)C. The van der Waals surface area contributed by atoms with Gasteiger partial charge in [0.15, 0.2) is 0 Å². The van der Waals surface area contributed by atoms with Crippen molar-refractivity contribution in [3.8, 4) is 5.75 Å². The third-order valence-electron chi connectivity index (χ3n) is 3.24. The number of amides is 3. The number of hydrogen-bond acceptors (Lipinski definition) is 3. The Hall–Kier alpha value is -2.24. The van der Waals surface area contributed by atoms with Gasteiger partial charge in [0.1, 0.15) is 11.8 Å². The fourth-order valence-electron chi connectivity index (χ4n) is 1.82. The number of hydrogen-bond donors (Lipinski definition) is 3. The lowest BCUT2D eigenvalue weighted by Crippen LogP contribution is -2.48. The molecular weight excluding hydrogens is 294 g/mol. The van der Waals surface area contributed by atoms with E-state index in [2.05, 4.69) is 16.0 Å². The Morgan fingerprint density at radius 1 is 1.09 bits per heavy atom. The van der Waals surface area contributed by atoms with Crippen LogP contribution in [0.5, 0.6) is 5.75 Å². The van der Waals surface area contributed by atoms with Crippen LogP contribution in [-0.2, 0) is 4.79 Å². The van der Waals surface area contributed by atoms with Crippen LogP contribution in [0.4, 0.5) is 10.5 Å². The molecule has 3 N–H and O–H groups in total. The Labute approximate surface area is 138 Å². The van der Waals surface area contributed by atoms with Crippen LogP contribution in [0.3, 0.4) is 0 Å². The van der Waals surface area contributed by atoms with Crippen molar-refractivity contribution in [3.05, 3.63) is 24.3 Å². The van der Waals surface area contributed by atoms with Gasteiger partial charge in [-0.25, -0.2) is 4.79 Å². The van der Waals surface area contributed by atoms with Gasteiger partial charge >= 0.3 is 6.03 Å². The van der Waals surface area contributed by atoms with E-state index in [0.717, 1.165) is 6.42 Å². The van der Waals surface area contributed by atoms with Gasteiger partial charge in [-0.3, -0.25) is 4.79 Å². The summed E-state index contributed by atoms with van der Waals surface area (Å²) < 4.78 is 5.64. The van der Waals surface area contributed by atoms with E-state index < -0.39 is 12.1 Å². The predicted octanol–water partition coefficient (Wildman–Crippen LogP) is 2.90. The first kappa shape index (κ1) is 18.8. The third-order valence-corrected chi connectivity index (χ3v) is 3.24.